The molecule has 6 rings (SSSR count). The largest absolute Gasteiger partial charge is 0.393 e. The van der Waals surface area contributed by atoms with Crippen LogP contribution < -0.4 is 10.4 Å². The lowest BCUT2D eigenvalue weighted by Gasteiger charge is -2.65. The van der Waals surface area contributed by atoms with Crippen LogP contribution in [0.25, 0.3) is 0 Å². The summed E-state index contributed by atoms with van der Waals surface area (Å²) in [5.74, 6) is 0. The van der Waals surface area contributed by atoms with Crippen LogP contribution in [0.5, 0.6) is 0 Å². The molecule has 0 aliphatic carbocycles. The Labute approximate surface area is 234 Å². The second-order valence-corrected chi connectivity index (χ2v) is 15.0. The Bertz CT molecular complexity index is 1440. The van der Waals surface area contributed by atoms with Gasteiger partial charge in [-0.25, -0.2) is 0 Å². The molecule has 1 saturated heterocycles. The van der Waals surface area contributed by atoms with Gasteiger partial charge in [0.1, 0.15) is 5.60 Å². The first-order chi connectivity index (χ1) is 18.9. The topological polar surface area (TPSA) is 9.23 Å². The average molecular weight is 525 g/mol. The first kappa shape index (κ1) is 25.5. The van der Waals surface area contributed by atoms with Gasteiger partial charge in [0.2, 0.25) is 0 Å². The molecule has 0 bridgehead atoms. The standard InChI is InChI=1S/C37H36OSi/c1-35(2)29-39(33-25-15-7-16-26-33,34-27-17-8-18-28-34)38-37(31-21-11-5-12-22-31,32-23-13-6-14-24-32)36(35,3)30-19-9-4-10-20-30/h4-28H,29H2,1-3H3. The minimum Gasteiger partial charge on any atom is -0.393 e. The Balaban J connectivity index is 1.78. The molecule has 0 amide bonds. The van der Waals surface area contributed by atoms with Crippen LogP contribution in [0.2, 0.25) is 6.04 Å². The highest BCUT2D eigenvalue weighted by atomic mass is 28.4. The predicted molar refractivity (Wildman–Crippen MR) is 165 cm³/mol. The Morgan fingerprint density at radius 1 is 0.462 bits per heavy atom. The fourth-order valence-corrected chi connectivity index (χ4v) is 12.2. The summed E-state index contributed by atoms with van der Waals surface area (Å²) in [6.07, 6.45) is 0. The summed E-state index contributed by atoms with van der Waals surface area (Å²) in [4.78, 5) is 0. The third-order valence-corrected chi connectivity index (χ3v) is 13.8. The highest BCUT2D eigenvalue weighted by molar-refractivity contribution is 6.97. The van der Waals surface area contributed by atoms with E-state index < -0.39 is 13.9 Å². The highest BCUT2D eigenvalue weighted by Gasteiger charge is 2.68. The van der Waals surface area contributed by atoms with E-state index in [1.54, 1.807) is 0 Å². The second-order valence-electron chi connectivity index (χ2n) is 11.6. The smallest absolute Gasteiger partial charge is 0.258 e. The van der Waals surface area contributed by atoms with Gasteiger partial charge in [-0.05, 0) is 38.5 Å². The van der Waals surface area contributed by atoms with E-state index in [9.17, 15) is 0 Å². The minimum atomic E-state index is -2.79. The molecule has 5 aromatic rings. The van der Waals surface area contributed by atoms with E-state index in [4.69, 9.17) is 4.43 Å². The van der Waals surface area contributed by atoms with Crippen LogP contribution in [0.15, 0.2) is 152 Å². The van der Waals surface area contributed by atoms with E-state index >= 15 is 0 Å². The molecule has 1 fully saturated rings. The molecule has 1 nitrogen and oxygen atoms in total. The van der Waals surface area contributed by atoms with Crippen LogP contribution in [-0.2, 0) is 15.4 Å². The van der Waals surface area contributed by atoms with Gasteiger partial charge in [-0.2, -0.15) is 0 Å². The first-order valence-corrected chi connectivity index (χ1v) is 16.0. The van der Waals surface area contributed by atoms with E-state index in [1.165, 1.54) is 27.1 Å². The predicted octanol–water partition coefficient (Wildman–Crippen LogP) is 7.70. The van der Waals surface area contributed by atoms with Crippen LogP contribution in [-0.4, -0.2) is 8.32 Å². The molecule has 1 aliphatic rings. The van der Waals surface area contributed by atoms with Gasteiger partial charge >= 0.3 is 0 Å². The third kappa shape index (κ3) is 3.85. The number of benzene rings is 5. The molecular formula is C37H36OSi. The van der Waals surface area contributed by atoms with Gasteiger partial charge in [-0.1, -0.05) is 172 Å². The normalized spacial score (nSPS) is 21.2. The Morgan fingerprint density at radius 3 is 1.18 bits per heavy atom. The van der Waals surface area contributed by atoms with E-state index in [2.05, 4.69) is 172 Å². The molecule has 39 heavy (non-hydrogen) atoms. The molecule has 0 saturated carbocycles. The molecule has 0 spiro atoms. The summed E-state index contributed by atoms with van der Waals surface area (Å²) in [5.41, 5.74) is 2.42. The van der Waals surface area contributed by atoms with E-state index in [-0.39, 0.29) is 10.8 Å². The van der Waals surface area contributed by atoms with Crippen LogP contribution >= 0.6 is 0 Å². The van der Waals surface area contributed by atoms with E-state index in [1.807, 2.05) is 0 Å². The van der Waals surface area contributed by atoms with Crippen molar-refractivity contribution in [3.05, 3.63) is 168 Å². The molecule has 2 heteroatoms. The lowest BCUT2D eigenvalue weighted by molar-refractivity contribution is -0.0644. The molecule has 0 aromatic heterocycles. The van der Waals surface area contributed by atoms with E-state index in [0.717, 1.165) is 6.04 Å². The fourth-order valence-electron chi connectivity index (χ4n) is 7.15. The van der Waals surface area contributed by atoms with Crippen LogP contribution in [0.4, 0.5) is 0 Å². The van der Waals surface area contributed by atoms with Gasteiger partial charge in [0.05, 0.1) is 0 Å². The van der Waals surface area contributed by atoms with Gasteiger partial charge in [0, 0.05) is 5.41 Å². The van der Waals surface area contributed by atoms with Crippen molar-refractivity contribution in [3.63, 3.8) is 0 Å². The zero-order valence-corrected chi connectivity index (χ0v) is 24.0. The molecule has 0 N–H and O–H groups in total. The zero-order valence-electron chi connectivity index (χ0n) is 23.0. The lowest BCUT2D eigenvalue weighted by atomic mass is 9.52. The second kappa shape index (κ2) is 9.79. The monoisotopic (exact) mass is 524 g/mol. The first-order valence-electron chi connectivity index (χ1n) is 13.9. The van der Waals surface area contributed by atoms with Crippen molar-refractivity contribution in [2.75, 3.05) is 0 Å². The van der Waals surface area contributed by atoms with Gasteiger partial charge < -0.3 is 4.43 Å². The number of rotatable bonds is 5. The maximum atomic E-state index is 8.15. The summed E-state index contributed by atoms with van der Waals surface area (Å²) in [5, 5.41) is 2.63. The van der Waals surface area contributed by atoms with Crippen molar-refractivity contribution in [1.82, 2.24) is 0 Å². The van der Waals surface area contributed by atoms with Gasteiger partial charge in [0.15, 0.2) is 0 Å². The molecule has 0 radical (unpaired) electrons. The molecule has 5 aromatic carbocycles. The lowest BCUT2D eigenvalue weighted by Crippen LogP contribution is -2.75. The Morgan fingerprint density at radius 2 is 0.795 bits per heavy atom. The summed E-state index contributed by atoms with van der Waals surface area (Å²) >= 11 is 0. The Kier molecular flexibility index (Phi) is 6.41. The summed E-state index contributed by atoms with van der Waals surface area (Å²) in [6.45, 7) is 7.38. The van der Waals surface area contributed by atoms with Crippen molar-refractivity contribution in [2.45, 2.75) is 37.8 Å². The summed E-state index contributed by atoms with van der Waals surface area (Å²) in [6, 6.07) is 56.0. The maximum Gasteiger partial charge on any atom is 0.258 e. The zero-order chi connectivity index (χ0) is 27.0. The van der Waals surface area contributed by atoms with Gasteiger partial charge in [-0.15, -0.1) is 0 Å². The maximum absolute atomic E-state index is 8.15. The van der Waals surface area contributed by atoms with Crippen molar-refractivity contribution in [1.29, 1.82) is 0 Å². The molecule has 1 atom stereocenters. The minimum absolute atomic E-state index is 0.143. The molecular weight excluding hydrogens is 488 g/mol. The third-order valence-electron chi connectivity index (χ3n) is 9.27. The van der Waals surface area contributed by atoms with E-state index in [0.29, 0.717) is 0 Å². The number of hydrogen-bond acceptors (Lipinski definition) is 1. The molecule has 1 unspecified atom stereocenters. The van der Waals surface area contributed by atoms with Crippen molar-refractivity contribution in [2.24, 2.45) is 5.41 Å². The molecule has 1 heterocycles. The van der Waals surface area contributed by atoms with Gasteiger partial charge in [0.25, 0.3) is 8.32 Å². The SMILES string of the molecule is CC1(C)C[Si](c2ccccc2)(c2ccccc2)OC(c2ccccc2)(c2ccccc2)C1(C)c1ccccc1. The van der Waals surface area contributed by atoms with Gasteiger partial charge in [-0.3, -0.25) is 0 Å². The Hall–Kier alpha value is -3.72. The summed E-state index contributed by atoms with van der Waals surface area (Å²) in [7, 11) is -2.79. The van der Waals surface area contributed by atoms with Crippen molar-refractivity contribution in [3.8, 4) is 0 Å². The average Bonchev–Trinajstić information content (AvgIpc) is 3.00. The summed E-state index contributed by atoms with van der Waals surface area (Å²) < 4.78 is 8.15. The van der Waals surface area contributed by atoms with Crippen LogP contribution in [0.3, 0.4) is 0 Å². The number of hydrogen-bond donors (Lipinski definition) is 0. The quantitative estimate of drug-likeness (QED) is 0.214. The molecule has 1 aliphatic heterocycles. The van der Waals surface area contributed by atoms with Crippen LogP contribution in [0, 0.1) is 5.41 Å². The van der Waals surface area contributed by atoms with Crippen LogP contribution in [0.1, 0.15) is 37.5 Å². The fraction of sp³-hybridized carbons (Fsp3) is 0.189. The molecule has 194 valence electrons. The van der Waals surface area contributed by atoms with Crippen molar-refractivity contribution >= 4 is 18.7 Å². The highest BCUT2D eigenvalue weighted by Crippen LogP contribution is 2.64. The van der Waals surface area contributed by atoms with Crippen molar-refractivity contribution < 1.29 is 4.43 Å².